The minimum absolute atomic E-state index is 0.115. The van der Waals surface area contributed by atoms with Crippen LogP contribution in [0.1, 0.15) is 54.6 Å². The second-order valence-electron chi connectivity index (χ2n) is 9.16. The molecular weight excluding hydrogens is 432 g/mol. The lowest BCUT2D eigenvalue weighted by Crippen LogP contribution is -2.49. The lowest BCUT2D eigenvalue weighted by molar-refractivity contribution is 0.156. The quantitative estimate of drug-likeness (QED) is 0.543. The maximum Gasteiger partial charge on any atom is 0.246 e. The van der Waals surface area contributed by atoms with Crippen molar-refractivity contribution in [3.63, 3.8) is 0 Å². The molecule has 0 unspecified atom stereocenters. The molecule has 5 rings (SSSR count). The van der Waals surface area contributed by atoms with Gasteiger partial charge in [0.2, 0.25) is 10.0 Å². The third-order valence-electron chi connectivity index (χ3n) is 7.06. The maximum absolute atomic E-state index is 13.5. The van der Waals surface area contributed by atoms with Crippen molar-refractivity contribution in [1.82, 2.24) is 19.0 Å². The second-order valence-corrected chi connectivity index (χ2v) is 11.1. The van der Waals surface area contributed by atoms with E-state index in [-0.39, 0.29) is 6.04 Å². The summed E-state index contributed by atoms with van der Waals surface area (Å²) in [4.78, 5) is 2.76. The molecule has 6 nitrogen and oxygen atoms in total. The smallest absolute Gasteiger partial charge is 0.246 e. The fraction of sp³-hybridized carbons (Fsp3) is 0.423. The molecule has 2 heterocycles. The number of sulfonamides is 1. The van der Waals surface area contributed by atoms with Gasteiger partial charge in [-0.2, -0.15) is 9.40 Å². The molecule has 1 aromatic heterocycles. The molecule has 2 aliphatic rings. The van der Waals surface area contributed by atoms with Crippen molar-refractivity contribution < 1.29 is 8.42 Å². The van der Waals surface area contributed by atoms with E-state index in [1.54, 1.807) is 10.5 Å². The van der Waals surface area contributed by atoms with Gasteiger partial charge in [0.1, 0.15) is 4.90 Å². The summed E-state index contributed by atoms with van der Waals surface area (Å²) in [6.07, 6.45) is 6.32. The van der Waals surface area contributed by atoms with Crippen molar-refractivity contribution in [3.05, 3.63) is 83.7 Å². The summed E-state index contributed by atoms with van der Waals surface area (Å²) >= 11 is 0. The summed E-state index contributed by atoms with van der Waals surface area (Å²) in [5, 5.41) is 4.58. The van der Waals surface area contributed by atoms with Crippen molar-refractivity contribution in [2.24, 2.45) is 0 Å². The van der Waals surface area contributed by atoms with Crippen LogP contribution in [0.4, 0.5) is 0 Å². The van der Waals surface area contributed by atoms with Crippen molar-refractivity contribution in [2.45, 2.75) is 49.6 Å². The molecule has 2 fully saturated rings. The van der Waals surface area contributed by atoms with Crippen LogP contribution >= 0.6 is 0 Å². The Labute approximate surface area is 196 Å². The topological polar surface area (TPSA) is 58.4 Å². The van der Waals surface area contributed by atoms with Gasteiger partial charge in [0, 0.05) is 32.4 Å². The standard InChI is InChI=1S/C26H32N4O2S/c1-21-25(20-30(27-21)24-14-8-9-15-24)33(31,32)29-18-16-28(17-19-29)26(22-10-4-2-5-11-22)23-12-6-3-7-13-23/h2-7,10-13,20,24,26H,8-9,14-19H2,1H3. The van der Waals surface area contributed by atoms with Gasteiger partial charge in [0.25, 0.3) is 0 Å². The van der Waals surface area contributed by atoms with E-state index in [4.69, 9.17) is 0 Å². The number of nitrogens with zero attached hydrogens (tertiary/aromatic N) is 4. The Morgan fingerprint density at radius 3 is 1.94 bits per heavy atom. The molecule has 0 N–H and O–H groups in total. The molecule has 7 heteroatoms. The van der Waals surface area contributed by atoms with Gasteiger partial charge in [0.15, 0.2) is 0 Å². The first kappa shape index (κ1) is 22.3. The lowest BCUT2D eigenvalue weighted by atomic mass is 9.96. The number of aromatic nitrogens is 2. The lowest BCUT2D eigenvalue weighted by Gasteiger charge is -2.39. The number of hydrogen-bond acceptors (Lipinski definition) is 4. The highest BCUT2D eigenvalue weighted by atomic mass is 32.2. The molecule has 2 aromatic carbocycles. The zero-order valence-electron chi connectivity index (χ0n) is 19.2. The van der Waals surface area contributed by atoms with Crippen LogP contribution in [0.15, 0.2) is 71.8 Å². The second kappa shape index (κ2) is 9.41. The third kappa shape index (κ3) is 4.50. The fourth-order valence-corrected chi connectivity index (χ4v) is 6.88. The van der Waals surface area contributed by atoms with E-state index >= 15 is 0 Å². The predicted octanol–water partition coefficient (Wildman–Crippen LogP) is 4.40. The number of hydrogen-bond donors (Lipinski definition) is 0. The highest BCUT2D eigenvalue weighted by Crippen LogP contribution is 2.33. The first-order valence-electron chi connectivity index (χ1n) is 11.9. The Morgan fingerprint density at radius 1 is 0.848 bits per heavy atom. The van der Waals surface area contributed by atoms with Gasteiger partial charge in [0.05, 0.1) is 17.8 Å². The number of benzene rings is 2. The molecule has 1 saturated heterocycles. The first-order chi connectivity index (χ1) is 16.0. The van der Waals surface area contributed by atoms with E-state index in [1.165, 1.54) is 24.0 Å². The van der Waals surface area contributed by atoms with Gasteiger partial charge in [-0.1, -0.05) is 73.5 Å². The van der Waals surface area contributed by atoms with Crippen molar-refractivity contribution in [2.75, 3.05) is 26.2 Å². The molecule has 1 saturated carbocycles. The van der Waals surface area contributed by atoms with Gasteiger partial charge in [-0.15, -0.1) is 0 Å². The van der Waals surface area contributed by atoms with Crippen LogP contribution in [0.5, 0.6) is 0 Å². The Bertz CT molecular complexity index is 1120. The number of rotatable bonds is 6. The van der Waals surface area contributed by atoms with Crippen LogP contribution in [0.3, 0.4) is 0 Å². The van der Waals surface area contributed by atoms with Crippen molar-refractivity contribution >= 4 is 10.0 Å². The normalized spacial score (nSPS) is 18.8. The van der Waals surface area contributed by atoms with E-state index in [1.807, 2.05) is 23.7 Å². The van der Waals surface area contributed by atoms with E-state index in [0.29, 0.717) is 42.8 Å². The Morgan fingerprint density at radius 2 is 1.39 bits per heavy atom. The Hall–Kier alpha value is -2.48. The summed E-state index contributed by atoms with van der Waals surface area (Å²) in [7, 11) is -3.56. The highest BCUT2D eigenvalue weighted by molar-refractivity contribution is 7.89. The first-order valence-corrected chi connectivity index (χ1v) is 13.4. The minimum Gasteiger partial charge on any atom is -0.290 e. The van der Waals surface area contributed by atoms with Crippen LogP contribution in [-0.4, -0.2) is 53.6 Å². The molecule has 0 radical (unpaired) electrons. The van der Waals surface area contributed by atoms with Gasteiger partial charge in [-0.25, -0.2) is 8.42 Å². The van der Waals surface area contributed by atoms with E-state index in [0.717, 1.165) is 12.8 Å². The molecule has 0 bridgehead atoms. The molecule has 33 heavy (non-hydrogen) atoms. The molecule has 0 atom stereocenters. The predicted molar refractivity (Wildman–Crippen MR) is 130 cm³/mol. The molecular formula is C26H32N4O2S. The van der Waals surface area contributed by atoms with Gasteiger partial charge in [-0.05, 0) is 30.9 Å². The van der Waals surface area contributed by atoms with Crippen molar-refractivity contribution in [1.29, 1.82) is 0 Å². The van der Waals surface area contributed by atoms with E-state index < -0.39 is 10.0 Å². The average molecular weight is 465 g/mol. The summed E-state index contributed by atoms with van der Waals surface area (Å²) in [6, 6.07) is 21.4. The number of piperazine rings is 1. The largest absolute Gasteiger partial charge is 0.290 e. The highest BCUT2D eigenvalue weighted by Gasteiger charge is 2.34. The summed E-state index contributed by atoms with van der Waals surface area (Å²) in [6.45, 7) is 4.14. The fourth-order valence-electron chi connectivity index (χ4n) is 5.30. The summed E-state index contributed by atoms with van der Waals surface area (Å²) in [5.41, 5.74) is 3.07. The Kier molecular flexibility index (Phi) is 6.36. The van der Waals surface area contributed by atoms with Crippen LogP contribution in [-0.2, 0) is 10.0 Å². The van der Waals surface area contributed by atoms with Crippen LogP contribution in [0.25, 0.3) is 0 Å². The Balaban J connectivity index is 1.34. The zero-order valence-corrected chi connectivity index (χ0v) is 20.0. The molecule has 3 aromatic rings. The monoisotopic (exact) mass is 464 g/mol. The summed E-state index contributed by atoms with van der Waals surface area (Å²) < 4.78 is 30.5. The number of aryl methyl sites for hydroxylation is 1. The van der Waals surface area contributed by atoms with Crippen LogP contribution < -0.4 is 0 Å². The zero-order chi connectivity index (χ0) is 22.8. The maximum atomic E-state index is 13.5. The summed E-state index contributed by atoms with van der Waals surface area (Å²) in [5.74, 6) is 0. The SMILES string of the molecule is Cc1nn(C2CCCC2)cc1S(=O)(=O)N1CCN(C(c2ccccc2)c2ccccc2)CC1. The van der Waals surface area contributed by atoms with Gasteiger partial charge in [-0.3, -0.25) is 9.58 Å². The molecule has 0 amide bonds. The van der Waals surface area contributed by atoms with Gasteiger partial charge >= 0.3 is 0 Å². The molecule has 1 aliphatic heterocycles. The van der Waals surface area contributed by atoms with Crippen molar-refractivity contribution in [3.8, 4) is 0 Å². The third-order valence-corrected chi connectivity index (χ3v) is 9.06. The van der Waals surface area contributed by atoms with Crippen LogP contribution in [0.2, 0.25) is 0 Å². The molecule has 0 spiro atoms. The van der Waals surface area contributed by atoms with Gasteiger partial charge < -0.3 is 0 Å². The minimum atomic E-state index is -3.56. The average Bonchev–Trinajstić information content (AvgIpc) is 3.51. The van der Waals surface area contributed by atoms with E-state index in [2.05, 4.69) is 58.5 Å². The van der Waals surface area contributed by atoms with Crippen LogP contribution in [0, 0.1) is 6.92 Å². The molecule has 174 valence electrons. The molecule has 1 aliphatic carbocycles. The van der Waals surface area contributed by atoms with E-state index in [9.17, 15) is 8.42 Å².